The average Bonchev–Trinajstić information content (AvgIpc) is 2.92. The Hall–Kier alpha value is -1.79. The van der Waals surface area contributed by atoms with Crippen molar-refractivity contribution in [1.82, 2.24) is 10.3 Å². The van der Waals surface area contributed by atoms with E-state index in [4.69, 9.17) is 18.0 Å². The van der Waals surface area contributed by atoms with Crippen LogP contribution in [0.25, 0.3) is 0 Å². The van der Waals surface area contributed by atoms with Crippen molar-refractivity contribution in [2.75, 3.05) is 6.54 Å². The molecule has 0 saturated carbocycles. The standard InChI is InChI=1S/C14H15N3OS2/c15-14(19)11-3-1-10(2-4-11)9-12(18)16-6-5-13-17-7-8-20-13/h1-4,7-8H,5-6,9H2,(H2,15,19)(H,16,18). The molecular weight excluding hydrogens is 290 g/mol. The number of hydrogen-bond acceptors (Lipinski definition) is 4. The maximum Gasteiger partial charge on any atom is 0.224 e. The summed E-state index contributed by atoms with van der Waals surface area (Å²) in [6, 6.07) is 7.41. The van der Waals surface area contributed by atoms with Gasteiger partial charge in [0.25, 0.3) is 0 Å². The highest BCUT2D eigenvalue weighted by molar-refractivity contribution is 7.80. The first-order valence-corrected chi connectivity index (χ1v) is 7.48. The van der Waals surface area contributed by atoms with Crippen LogP contribution in [-0.2, 0) is 17.6 Å². The number of carbonyl (C=O) groups is 1. The number of amides is 1. The van der Waals surface area contributed by atoms with Gasteiger partial charge in [0.05, 0.1) is 11.4 Å². The Morgan fingerprint density at radius 3 is 2.70 bits per heavy atom. The van der Waals surface area contributed by atoms with E-state index in [2.05, 4.69) is 10.3 Å². The van der Waals surface area contributed by atoms with E-state index in [0.717, 1.165) is 22.6 Å². The van der Waals surface area contributed by atoms with Gasteiger partial charge in [-0.05, 0) is 5.56 Å². The van der Waals surface area contributed by atoms with Crippen LogP contribution < -0.4 is 11.1 Å². The fraction of sp³-hybridized carbons (Fsp3) is 0.214. The van der Waals surface area contributed by atoms with Gasteiger partial charge in [-0.2, -0.15) is 0 Å². The summed E-state index contributed by atoms with van der Waals surface area (Å²) < 4.78 is 0. The van der Waals surface area contributed by atoms with Crippen LogP contribution in [0.2, 0.25) is 0 Å². The molecule has 20 heavy (non-hydrogen) atoms. The molecule has 1 aromatic carbocycles. The fourth-order valence-corrected chi connectivity index (χ4v) is 2.48. The summed E-state index contributed by atoms with van der Waals surface area (Å²) in [6.07, 6.45) is 2.89. The summed E-state index contributed by atoms with van der Waals surface area (Å²) in [5.74, 6) is 0.00429. The molecule has 0 unspecified atom stereocenters. The quantitative estimate of drug-likeness (QED) is 0.797. The molecule has 4 nitrogen and oxygen atoms in total. The van der Waals surface area contributed by atoms with Gasteiger partial charge in [0.2, 0.25) is 5.91 Å². The minimum Gasteiger partial charge on any atom is -0.389 e. The van der Waals surface area contributed by atoms with Crippen molar-refractivity contribution in [2.24, 2.45) is 5.73 Å². The van der Waals surface area contributed by atoms with Crippen LogP contribution in [0.3, 0.4) is 0 Å². The molecule has 2 aromatic rings. The average molecular weight is 305 g/mol. The number of thiocarbonyl (C=S) groups is 1. The molecule has 1 heterocycles. The van der Waals surface area contributed by atoms with Crippen molar-refractivity contribution < 1.29 is 4.79 Å². The minimum atomic E-state index is 0.00429. The molecule has 6 heteroatoms. The van der Waals surface area contributed by atoms with Gasteiger partial charge < -0.3 is 11.1 Å². The Bertz CT molecular complexity index is 579. The number of hydrogen-bond donors (Lipinski definition) is 2. The van der Waals surface area contributed by atoms with E-state index in [1.54, 1.807) is 17.5 Å². The van der Waals surface area contributed by atoms with E-state index in [1.165, 1.54) is 0 Å². The van der Waals surface area contributed by atoms with Crippen molar-refractivity contribution in [2.45, 2.75) is 12.8 Å². The Morgan fingerprint density at radius 2 is 2.10 bits per heavy atom. The predicted octanol–water partition coefficient (Wildman–Crippen LogP) is 1.68. The maximum absolute atomic E-state index is 11.8. The van der Waals surface area contributed by atoms with Gasteiger partial charge in [0.15, 0.2) is 0 Å². The molecule has 0 aliphatic carbocycles. The van der Waals surface area contributed by atoms with Gasteiger partial charge in [0, 0.05) is 30.1 Å². The molecule has 104 valence electrons. The Kier molecular flexibility index (Phi) is 5.20. The van der Waals surface area contributed by atoms with Gasteiger partial charge in [-0.3, -0.25) is 4.79 Å². The number of nitrogens with one attached hydrogen (secondary N) is 1. The first-order chi connectivity index (χ1) is 9.65. The summed E-state index contributed by atoms with van der Waals surface area (Å²) >= 11 is 6.48. The molecule has 0 radical (unpaired) electrons. The molecule has 0 spiro atoms. The number of aromatic nitrogens is 1. The number of benzene rings is 1. The summed E-state index contributed by atoms with van der Waals surface area (Å²) in [5, 5.41) is 5.85. The van der Waals surface area contributed by atoms with Crippen molar-refractivity contribution in [3.8, 4) is 0 Å². The largest absolute Gasteiger partial charge is 0.389 e. The molecule has 0 bridgehead atoms. The van der Waals surface area contributed by atoms with Crippen LogP contribution in [0.4, 0.5) is 0 Å². The lowest BCUT2D eigenvalue weighted by Crippen LogP contribution is -2.27. The smallest absolute Gasteiger partial charge is 0.224 e. The van der Waals surface area contributed by atoms with E-state index in [-0.39, 0.29) is 5.91 Å². The van der Waals surface area contributed by atoms with Crippen LogP contribution in [-0.4, -0.2) is 22.4 Å². The number of thiazole rings is 1. The lowest BCUT2D eigenvalue weighted by atomic mass is 10.1. The second-order valence-electron chi connectivity index (χ2n) is 4.26. The molecular formula is C14H15N3OS2. The van der Waals surface area contributed by atoms with Gasteiger partial charge >= 0.3 is 0 Å². The summed E-state index contributed by atoms with van der Waals surface area (Å²) in [6.45, 7) is 0.608. The van der Waals surface area contributed by atoms with Crippen LogP contribution in [0, 0.1) is 0 Å². The highest BCUT2D eigenvalue weighted by atomic mass is 32.1. The van der Waals surface area contributed by atoms with Gasteiger partial charge in [-0.1, -0.05) is 36.5 Å². The van der Waals surface area contributed by atoms with Crippen LogP contribution in [0.1, 0.15) is 16.1 Å². The van der Waals surface area contributed by atoms with E-state index >= 15 is 0 Å². The van der Waals surface area contributed by atoms with Crippen LogP contribution in [0.5, 0.6) is 0 Å². The van der Waals surface area contributed by atoms with Crippen molar-refractivity contribution in [3.05, 3.63) is 52.0 Å². The fourth-order valence-electron chi connectivity index (χ4n) is 1.72. The van der Waals surface area contributed by atoms with E-state index in [9.17, 15) is 4.79 Å². The third-order valence-corrected chi connectivity index (χ3v) is 3.82. The third-order valence-electron chi connectivity index (χ3n) is 2.75. The summed E-state index contributed by atoms with van der Waals surface area (Å²) in [4.78, 5) is 16.3. The molecule has 1 aromatic heterocycles. The second-order valence-corrected chi connectivity index (χ2v) is 5.68. The van der Waals surface area contributed by atoms with Gasteiger partial charge in [0.1, 0.15) is 4.99 Å². The zero-order valence-electron chi connectivity index (χ0n) is 10.8. The van der Waals surface area contributed by atoms with Crippen molar-refractivity contribution in [1.29, 1.82) is 0 Å². The monoisotopic (exact) mass is 305 g/mol. The second kappa shape index (κ2) is 7.12. The maximum atomic E-state index is 11.8. The minimum absolute atomic E-state index is 0.00429. The first-order valence-electron chi connectivity index (χ1n) is 6.19. The zero-order valence-corrected chi connectivity index (χ0v) is 12.5. The SMILES string of the molecule is NC(=S)c1ccc(CC(=O)NCCc2nccs2)cc1. The molecule has 0 saturated heterocycles. The van der Waals surface area contributed by atoms with Crippen molar-refractivity contribution in [3.63, 3.8) is 0 Å². The van der Waals surface area contributed by atoms with Crippen LogP contribution >= 0.6 is 23.6 Å². The number of rotatable bonds is 6. The Balaban J connectivity index is 1.77. The van der Waals surface area contributed by atoms with E-state index in [1.807, 2.05) is 29.6 Å². The molecule has 0 atom stereocenters. The molecule has 3 N–H and O–H groups in total. The van der Waals surface area contributed by atoms with Crippen molar-refractivity contribution >= 4 is 34.5 Å². The lowest BCUT2D eigenvalue weighted by molar-refractivity contribution is -0.120. The topological polar surface area (TPSA) is 68.0 Å². The number of nitrogens with two attached hydrogens (primary N) is 1. The normalized spacial score (nSPS) is 10.2. The lowest BCUT2D eigenvalue weighted by Gasteiger charge is -2.05. The van der Waals surface area contributed by atoms with Gasteiger partial charge in [-0.25, -0.2) is 4.98 Å². The highest BCUT2D eigenvalue weighted by Crippen LogP contribution is 2.06. The van der Waals surface area contributed by atoms with E-state index < -0.39 is 0 Å². The van der Waals surface area contributed by atoms with Crippen LogP contribution in [0.15, 0.2) is 35.8 Å². The Labute approximate surface area is 127 Å². The summed E-state index contributed by atoms with van der Waals surface area (Å²) in [7, 11) is 0. The third kappa shape index (κ3) is 4.40. The molecule has 2 rings (SSSR count). The predicted molar refractivity (Wildman–Crippen MR) is 84.9 cm³/mol. The zero-order chi connectivity index (χ0) is 14.4. The first kappa shape index (κ1) is 14.6. The molecule has 1 amide bonds. The van der Waals surface area contributed by atoms with Gasteiger partial charge in [-0.15, -0.1) is 11.3 Å². The molecule has 0 aliphatic rings. The molecule has 0 fully saturated rings. The Morgan fingerprint density at radius 1 is 1.35 bits per heavy atom. The number of nitrogens with zero attached hydrogens (tertiary/aromatic N) is 1. The molecule has 0 aliphatic heterocycles. The number of carbonyl (C=O) groups excluding carboxylic acids is 1. The highest BCUT2D eigenvalue weighted by Gasteiger charge is 2.04. The van der Waals surface area contributed by atoms with E-state index in [0.29, 0.717) is 18.0 Å². The summed E-state index contributed by atoms with van der Waals surface area (Å²) in [5.41, 5.74) is 7.28.